The van der Waals surface area contributed by atoms with Gasteiger partial charge in [-0.05, 0) is 6.92 Å². The van der Waals surface area contributed by atoms with E-state index in [4.69, 9.17) is 0 Å². The average Bonchev–Trinajstić information content (AvgIpc) is 2.16. The highest BCUT2D eigenvalue weighted by atomic mass is 16.2. The summed E-state index contributed by atoms with van der Waals surface area (Å²) in [6.45, 7) is 4.66. The van der Waals surface area contributed by atoms with Gasteiger partial charge in [0.25, 0.3) is 0 Å². The first kappa shape index (κ1) is 12.7. The molecule has 0 aliphatic heterocycles. The smallest absolute Gasteiger partial charge is 0.317 e. The van der Waals surface area contributed by atoms with Crippen molar-refractivity contribution in [2.45, 2.75) is 13.8 Å². The minimum atomic E-state index is -0.187. The molecule has 0 heterocycles. The van der Waals surface area contributed by atoms with Crippen LogP contribution in [-0.2, 0) is 4.79 Å². The molecule has 0 aliphatic carbocycles. The Morgan fingerprint density at radius 3 is 2.43 bits per heavy atom. The maximum absolute atomic E-state index is 11.3. The molecule has 0 aliphatic rings. The van der Waals surface area contributed by atoms with Crippen LogP contribution >= 0.6 is 0 Å². The van der Waals surface area contributed by atoms with Crippen molar-refractivity contribution in [1.29, 1.82) is 0 Å². The molecule has 82 valence electrons. The lowest BCUT2D eigenvalue weighted by Crippen LogP contribution is -2.42. The topological polar surface area (TPSA) is 61.4 Å². The molecule has 0 rings (SSSR count). The summed E-state index contributed by atoms with van der Waals surface area (Å²) in [6.07, 6.45) is 0. The zero-order valence-corrected chi connectivity index (χ0v) is 9.26. The molecule has 14 heavy (non-hydrogen) atoms. The summed E-state index contributed by atoms with van der Waals surface area (Å²) in [4.78, 5) is 23.9. The molecule has 0 spiro atoms. The Labute approximate surface area is 84.8 Å². The maximum atomic E-state index is 11.3. The number of nitrogens with one attached hydrogen (secondary N) is 2. The van der Waals surface area contributed by atoms with E-state index in [1.165, 1.54) is 4.90 Å². The second-order valence-corrected chi connectivity index (χ2v) is 3.23. The average molecular weight is 201 g/mol. The molecule has 1 atom stereocenters. The first-order valence-corrected chi connectivity index (χ1v) is 4.73. The molecular formula is C9H19N3O2. The highest BCUT2D eigenvalue weighted by molar-refractivity contribution is 5.79. The van der Waals surface area contributed by atoms with E-state index in [9.17, 15) is 9.59 Å². The maximum Gasteiger partial charge on any atom is 0.317 e. The number of rotatable bonds is 4. The normalized spacial score (nSPS) is 11.7. The number of hydrogen-bond donors (Lipinski definition) is 2. The van der Waals surface area contributed by atoms with Crippen LogP contribution in [0.2, 0.25) is 0 Å². The number of carbonyl (C=O) groups is 2. The summed E-state index contributed by atoms with van der Waals surface area (Å²) in [5, 5.41) is 5.21. The minimum Gasteiger partial charge on any atom is -0.359 e. The van der Waals surface area contributed by atoms with E-state index in [2.05, 4.69) is 10.6 Å². The van der Waals surface area contributed by atoms with Crippen molar-refractivity contribution in [3.63, 3.8) is 0 Å². The quantitative estimate of drug-likeness (QED) is 0.674. The lowest BCUT2D eigenvalue weighted by Gasteiger charge is -2.20. The van der Waals surface area contributed by atoms with Crippen LogP contribution in [0.1, 0.15) is 13.8 Å². The zero-order chi connectivity index (χ0) is 11.1. The van der Waals surface area contributed by atoms with Gasteiger partial charge in [0, 0.05) is 27.2 Å². The van der Waals surface area contributed by atoms with Crippen LogP contribution in [0.4, 0.5) is 4.79 Å². The van der Waals surface area contributed by atoms with Crippen molar-refractivity contribution in [2.24, 2.45) is 5.92 Å². The molecule has 0 aromatic heterocycles. The molecule has 0 radical (unpaired) electrons. The fraction of sp³-hybridized carbons (Fsp3) is 0.778. The second kappa shape index (κ2) is 6.23. The summed E-state index contributed by atoms with van der Waals surface area (Å²) >= 11 is 0. The molecule has 0 saturated carbocycles. The van der Waals surface area contributed by atoms with Crippen LogP contribution in [0.15, 0.2) is 0 Å². The standard InChI is InChI=1S/C9H19N3O2/c1-5-11-9(14)12(4)6-7(2)8(13)10-3/h7H,5-6H2,1-4H3,(H,10,13)(H,11,14). The molecule has 0 aromatic carbocycles. The molecule has 0 bridgehead atoms. The van der Waals surface area contributed by atoms with Gasteiger partial charge in [-0.3, -0.25) is 4.79 Å². The summed E-state index contributed by atoms with van der Waals surface area (Å²) in [7, 11) is 3.26. The van der Waals surface area contributed by atoms with Gasteiger partial charge in [-0.1, -0.05) is 6.92 Å². The van der Waals surface area contributed by atoms with Crippen molar-refractivity contribution >= 4 is 11.9 Å². The molecule has 1 unspecified atom stereocenters. The Morgan fingerprint density at radius 2 is 2.00 bits per heavy atom. The molecule has 2 N–H and O–H groups in total. The van der Waals surface area contributed by atoms with Crippen LogP contribution < -0.4 is 10.6 Å². The Kier molecular flexibility index (Phi) is 5.67. The summed E-state index contributed by atoms with van der Waals surface area (Å²) in [5.41, 5.74) is 0. The van der Waals surface area contributed by atoms with Gasteiger partial charge in [-0.15, -0.1) is 0 Å². The van der Waals surface area contributed by atoms with Crippen molar-refractivity contribution in [1.82, 2.24) is 15.5 Å². The second-order valence-electron chi connectivity index (χ2n) is 3.23. The van der Waals surface area contributed by atoms with Gasteiger partial charge in [-0.2, -0.15) is 0 Å². The zero-order valence-electron chi connectivity index (χ0n) is 9.26. The summed E-state index contributed by atoms with van der Waals surface area (Å²) in [5.74, 6) is -0.242. The predicted octanol–water partition coefficient (Wildman–Crippen LogP) is 0.0298. The van der Waals surface area contributed by atoms with E-state index < -0.39 is 0 Å². The van der Waals surface area contributed by atoms with E-state index in [1.54, 1.807) is 21.0 Å². The van der Waals surface area contributed by atoms with Gasteiger partial charge < -0.3 is 15.5 Å². The summed E-state index contributed by atoms with van der Waals surface area (Å²) < 4.78 is 0. The molecular weight excluding hydrogens is 182 g/mol. The van der Waals surface area contributed by atoms with E-state index in [0.29, 0.717) is 13.1 Å². The number of hydrogen-bond acceptors (Lipinski definition) is 2. The Hall–Kier alpha value is -1.26. The van der Waals surface area contributed by atoms with Crippen molar-refractivity contribution in [3.8, 4) is 0 Å². The van der Waals surface area contributed by atoms with E-state index >= 15 is 0 Å². The molecule has 0 saturated heterocycles. The number of carbonyl (C=O) groups excluding carboxylic acids is 2. The number of nitrogens with zero attached hydrogens (tertiary/aromatic N) is 1. The van der Waals surface area contributed by atoms with Crippen molar-refractivity contribution in [2.75, 3.05) is 27.2 Å². The highest BCUT2D eigenvalue weighted by Gasteiger charge is 2.16. The summed E-state index contributed by atoms with van der Waals surface area (Å²) in [6, 6.07) is -0.150. The number of amides is 3. The van der Waals surface area contributed by atoms with Crippen LogP contribution in [0.25, 0.3) is 0 Å². The van der Waals surface area contributed by atoms with Crippen LogP contribution in [-0.4, -0.2) is 44.0 Å². The monoisotopic (exact) mass is 201 g/mol. The van der Waals surface area contributed by atoms with Gasteiger partial charge in [0.05, 0.1) is 5.92 Å². The molecule has 5 heteroatoms. The predicted molar refractivity (Wildman–Crippen MR) is 54.9 cm³/mol. The van der Waals surface area contributed by atoms with E-state index in [-0.39, 0.29) is 17.9 Å². The fourth-order valence-electron chi connectivity index (χ4n) is 1.11. The third kappa shape index (κ3) is 4.11. The minimum absolute atomic E-state index is 0.0545. The Bertz CT molecular complexity index is 206. The van der Waals surface area contributed by atoms with Gasteiger partial charge in [0.1, 0.15) is 0 Å². The van der Waals surface area contributed by atoms with Gasteiger partial charge >= 0.3 is 6.03 Å². The van der Waals surface area contributed by atoms with E-state index in [1.807, 2.05) is 6.92 Å². The first-order valence-electron chi connectivity index (χ1n) is 4.73. The Balaban J connectivity index is 3.98. The Morgan fingerprint density at radius 1 is 1.43 bits per heavy atom. The molecule has 5 nitrogen and oxygen atoms in total. The first-order chi connectivity index (χ1) is 6.52. The largest absolute Gasteiger partial charge is 0.359 e. The molecule has 0 fully saturated rings. The van der Waals surface area contributed by atoms with Crippen LogP contribution in [0.3, 0.4) is 0 Å². The molecule has 3 amide bonds. The third-order valence-electron chi connectivity index (χ3n) is 1.92. The SMILES string of the molecule is CCNC(=O)N(C)CC(C)C(=O)NC. The van der Waals surface area contributed by atoms with Gasteiger partial charge in [0.15, 0.2) is 0 Å². The van der Waals surface area contributed by atoms with Crippen molar-refractivity contribution < 1.29 is 9.59 Å². The fourth-order valence-corrected chi connectivity index (χ4v) is 1.11. The lowest BCUT2D eigenvalue weighted by molar-refractivity contribution is -0.124. The lowest BCUT2D eigenvalue weighted by atomic mass is 10.1. The van der Waals surface area contributed by atoms with Crippen molar-refractivity contribution in [3.05, 3.63) is 0 Å². The number of urea groups is 1. The highest BCUT2D eigenvalue weighted by Crippen LogP contribution is 1.98. The third-order valence-corrected chi connectivity index (χ3v) is 1.92. The van der Waals surface area contributed by atoms with Crippen LogP contribution in [0.5, 0.6) is 0 Å². The van der Waals surface area contributed by atoms with Crippen LogP contribution in [0, 0.1) is 5.92 Å². The van der Waals surface area contributed by atoms with Gasteiger partial charge in [-0.25, -0.2) is 4.79 Å². The molecule has 0 aromatic rings. The van der Waals surface area contributed by atoms with E-state index in [0.717, 1.165) is 0 Å². The van der Waals surface area contributed by atoms with Gasteiger partial charge in [0.2, 0.25) is 5.91 Å².